The van der Waals surface area contributed by atoms with Crippen molar-refractivity contribution < 1.29 is 13.9 Å². The van der Waals surface area contributed by atoms with Gasteiger partial charge in [-0.25, -0.2) is 4.39 Å². The molecule has 2 N–H and O–H groups in total. The third kappa shape index (κ3) is 4.12. The highest BCUT2D eigenvalue weighted by molar-refractivity contribution is 7.99. The monoisotopic (exact) mass is 357 g/mol. The van der Waals surface area contributed by atoms with E-state index in [4.69, 9.17) is 0 Å². The van der Waals surface area contributed by atoms with Gasteiger partial charge in [0, 0.05) is 16.3 Å². The van der Waals surface area contributed by atoms with Crippen LogP contribution in [0.25, 0.3) is 0 Å². The van der Waals surface area contributed by atoms with Crippen molar-refractivity contribution in [2.75, 3.05) is 5.32 Å². The molecule has 0 aliphatic carbocycles. The van der Waals surface area contributed by atoms with Crippen LogP contribution in [0.5, 0.6) is 5.75 Å². The maximum absolute atomic E-state index is 13.4. The number of phenols is 1. The second kappa shape index (κ2) is 7.57. The fourth-order valence-corrected chi connectivity index (χ4v) is 3.30. The molecule has 0 heterocycles. The molecule has 0 radical (unpaired) electrons. The van der Waals surface area contributed by atoms with Crippen LogP contribution in [-0.4, -0.2) is 5.11 Å². The van der Waals surface area contributed by atoms with Crippen molar-refractivity contribution in [3.63, 3.8) is 0 Å². The molecular weight excluding hydrogens is 340 g/mol. The standard InChI is InChI=1S/C20H17F2NOS/c1-13-6-8-15(9-7-13)25-18-5-3-2-4-14(18)12-23-17-11-10-16(21)19(22)20(17)24/h2-11,23-24H,12H2,1H3. The minimum absolute atomic E-state index is 0.161. The predicted octanol–water partition coefficient (Wildman–Crippen LogP) is 5.74. The summed E-state index contributed by atoms with van der Waals surface area (Å²) >= 11 is 1.63. The summed E-state index contributed by atoms with van der Waals surface area (Å²) in [4.78, 5) is 2.18. The summed E-state index contributed by atoms with van der Waals surface area (Å²) in [7, 11) is 0. The van der Waals surface area contributed by atoms with Crippen LogP contribution in [0.15, 0.2) is 70.5 Å². The van der Waals surface area contributed by atoms with Crippen molar-refractivity contribution in [1.29, 1.82) is 0 Å². The largest absolute Gasteiger partial charge is 0.503 e. The Morgan fingerprint density at radius 3 is 2.44 bits per heavy atom. The minimum atomic E-state index is -1.24. The molecular formula is C20H17F2NOS. The van der Waals surface area contributed by atoms with Crippen LogP contribution in [0.1, 0.15) is 11.1 Å². The van der Waals surface area contributed by atoms with Gasteiger partial charge in [-0.05, 0) is 42.8 Å². The van der Waals surface area contributed by atoms with Gasteiger partial charge in [-0.2, -0.15) is 4.39 Å². The number of nitrogens with one attached hydrogen (secondary N) is 1. The summed E-state index contributed by atoms with van der Waals surface area (Å²) in [6.45, 7) is 2.42. The van der Waals surface area contributed by atoms with Crippen molar-refractivity contribution in [3.8, 4) is 5.75 Å². The molecule has 0 fully saturated rings. The van der Waals surface area contributed by atoms with Gasteiger partial charge in [0.25, 0.3) is 0 Å². The number of benzene rings is 3. The van der Waals surface area contributed by atoms with E-state index in [0.717, 1.165) is 21.4 Å². The highest BCUT2D eigenvalue weighted by atomic mass is 32.2. The van der Waals surface area contributed by atoms with Crippen LogP contribution in [0, 0.1) is 18.6 Å². The quantitative estimate of drug-likeness (QED) is 0.571. The summed E-state index contributed by atoms with van der Waals surface area (Å²) in [5.41, 5.74) is 2.36. The molecule has 0 bridgehead atoms. The van der Waals surface area contributed by atoms with Crippen LogP contribution in [0.2, 0.25) is 0 Å². The molecule has 3 aromatic rings. The molecule has 5 heteroatoms. The van der Waals surface area contributed by atoms with Crippen LogP contribution in [0.3, 0.4) is 0 Å². The zero-order valence-corrected chi connectivity index (χ0v) is 14.4. The van der Waals surface area contributed by atoms with Crippen molar-refractivity contribution in [2.24, 2.45) is 0 Å². The summed E-state index contributed by atoms with van der Waals surface area (Å²) in [5, 5.41) is 12.7. The highest BCUT2D eigenvalue weighted by Crippen LogP contribution is 2.32. The first-order chi connectivity index (χ1) is 12.0. The second-order valence-corrected chi connectivity index (χ2v) is 6.75. The van der Waals surface area contributed by atoms with E-state index in [2.05, 4.69) is 29.6 Å². The maximum atomic E-state index is 13.4. The van der Waals surface area contributed by atoms with Crippen LogP contribution in [-0.2, 0) is 6.54 Å². The average molecular weight is 357 g/mol. The van der Waals surface area contributed by atoms with Crippen molar-refractivity contribution in [1.82, 2.24) is 0 Å². The Kier molecular flexibility index (Phi) is 5.24. The number of anilines is 1. The molecule has 0 aromatic heterocycles. The fourth-order valence-electron chi connectivity index (χ4n) is 2.36. The fraction of sp³-hybridized carbons (Fsp3) is 0.100. The first kappa shape index (κ1) is 17.3. The van der Waals surface area contributed by atoms with Gasteiger partial charge >= 0.3 is 0 Å². The molecule has 3 rings (SSSR count). The highest BCUT2D eigenvalue weighted by Gasteiger charge is 2.12. The van der Waals surface area contributed by atoms with E-state index in [1.807, 2.05) is 31.2 Å². The van der Waals surface area contributed by atoms with Gasteiger partial charge in [-0.1, -0.05) is 47.7 Å². The Morgan fingerprint density at radius 2 is 1.68 bits per heavy atom. The predicted molar refractivity (Wildman–Crippen MR) is 97.1 cm³/mol. The maximum Gasteiger partial charge on any atom is 0.202 e. The molecule has 0 spiro atoms. The molecule has 0 aliphatic rings. The Bertz CT molecular complexity index is 881. The summed E-state index contributed by atoms with van der Waals surface area (Å²) < 4.78 is 26.5. The van der Waals surface area contributed by atoms with E-state index in [0.29, 0.717) is 6.54 Å². The van der Waals surface area contributed by atoms with E-state index >= 15 is 0 Å². The number of rotatable bonds is 5. The van der Waals surface area contributed by atoms with Crippen molar-refractivity contribution in [2.45, 2.75) is 23.3 Å². The lowest BCUT2D eigenvalue weighted by Crippen LogP contribution is -2.02. The molecule has 0 saturated heterocycles. The van der Waals surface area contributed by atoms with Crippen LogP contribution in [0.4, 0.5) is 14.5 Å². The second-order valence-electron chi connectivity index (χ2n) is 5.63. The molecule has 0 unspecified atom stereocenters. The number of aryl methyl sites for hydroxylation is 1. The molecule has 25 heavy (non-hydrogen) atoms. The molecule has 0 saturated carbocycles. The lowest BCUT2D eigenvalue weighted by Gasteiger charge is -2.13. The van der Waals surface area contributed by atoms with Crippen molar-refractivity contribution >= 4 is 17.4 Å². The number of aromatic hydroxyl groups is 1. The van der Waals surface area contributed by atoms with E-state index in [9.17, 15) is 13.9 Å². The van der Waals surface area contributed by atoms with E-state index < -0.39 is 17.4 Å². The third-order valence-electron chi connectivity index (χ3n) is 3.76. The van der Waals surface area contributed by atoms with Gasteiger partial charge in [0.15, 0.2) is 11.6 Å². The summed E-state index contributed by atoms with van der Waals surface area (Å²) in [6, 6.07) is 18.4. The lowest BCUT2D eigenvalue weighted by atomic mass is 10.2. The lowest BCUT2D eigenvalue weighted by molar-refractivity contribution is 0.409. The smallest absolute Gasteiger partial charge is 0.202 e. The van der Waals surface area contributed by atoms with Crippen LogP contribution < -0.4 is 5.32 Å². The number of phenolic OH excluding ortho intramolecular Hbond substituents is 1. The Hall–Kier alpha value is -2.53. The molecule has 0 atom stereocenters. The molecule has 0 amide bonds. The molecule has 2 nitrogen and oxygen atoms in total. The van der Waals surface area contributed by atoms with Gasteiger partial charge in [-0.3, -0.25) is 0 Å². The van der Waals surface area contributed by atoms with Crippen LogP contribution >= 0.6 is 11.8 Å². The van der Waals surface area contributed by atoms with Gasteiger partial charge in [-0.15, -0.1) is 0 Å². The van der Waals surface area contributed by atoms with Crippen molar-refractivity contribution in [3.05, 3.63) is 83.4 Å². The molecule has 3 aromatic carbocycles. The number of hydrogen-bond donors (Lipinski definition) is 2. The SMILES string of the molecule is Cc1ccc(Sc2ccccc2CNc2ccc(F)c(F)c2O)cc1. The average Bonchev–Trinajstić information content (AvgIpc) is 2.62. The van der Waals surface area contributed by atoms with Gasteiger partial charge < -0.3 is 10.4 Å². The Morgan fingerprint density at radius 1 is 0.960 bits per heavy atom. The zero-order chi connectivity index (χ0) is 17.8. The summed E-state index contributed by atoms with van der Waals surface area (Å²) in [5.74, 6) is -3.02. The molecule has 0 aliphatic heterocycles. The van der Waals surface area contributed by atoms with Gasteiger partial charge in [0.1, 0.15) is 0 Å². The topological polar surface area (TPSA) is 32.3 Å². The normalized spacial score (nSPS) is 10.7. The van der Waals surface area contributed by atoms with E-state index in [-0.39, 0.29) is 5.69 Å². The molecule has 128 valence electrons. The third-order valence-corrected chi connectivity index (χ3v) is 4.89. The van der Waals surface area contributed by atoms with Gasteiger partial charge in [0.2, 0.25) is 5.82 Å². The Labute approximate surface area is 149 Å². The first-order valence-corrected chi connectivity index (χ1v) is 8.59. The van der Waals surface area contributed by atoms with Gasteiger partial charge in [0.05, 0.1) is 5.69 Å². The summed E-state index contributed by atoms with van der Waals surface area (Å²) in [6.07, 6.45) is 0. The number of halogens is 2. The first-order valence-electron chi connectivity index (χ1n) is 7.78. The minimum Gasteiger partial charge on any atom is -0.503 e. The number of hydrogen-bond acceptors (Lipinski definition) is 3. The van der Waals surface area contributed by atoms with E-state index in [1.54, 1.807) is 11.8 Å². The zero-order valence-electron chi connectivity index (χ0n) is 13.6. The van der Waals surface area contributed by atoms with E-state index in [1.165, 1.54) is 11.6 Å². The Balaban J connectivity index is 1.77.